The molecule has 60 heavy (non-hydrogen) atoms. The van der Waals surface area contributed by atoms with Gasteiger partial charge in [0.05, 0.1) is 11.0 Å². The summed E-state index contributed by atoms with van der Waals surface area (Å²) in [6, 6.07) is 42.9. The molecule has 0 saturated heterocycles. The zero-order valence-electron chi connectivity index (χ0n) is 38.5. The normalized spacial score (nSPS) is 21.0. The Morgan fingerprint density at radius 2 is 0.900 bits per heavy atom. The molecular formula is C58H62N2. The number of benzene rings is 6. The van der Waals surface area contributed by atoms with Crippen LogP contribution in [0.15, 0.2) is 109 Å². The molecular weight excluding hydrogens is 725 g/mol. The monoisotopic (exact) mass is 786 g/mol. The highest BCUT2D eigenvalue weighted by atomic mass is 15.1. The Morgan fingerprint density at radius 1 is 0.383 bits per heavy atom. The average Bonchev–Trinajstić information content (AvgIpc) is 3.71. The number of hydrogen-bond acceptors (Lipinski definition) is 1. The van der Waals surface area contributed by atoms with Crippen LogP contribution in [0.5, 0.6) is 0 Å². The third-order valence-corrected chi connectivity index (χ3v) is 19.0. The van der Waals surface area contributed by atoms with Gasteiger partial charge in [-0.05, 0) is 149 Å². The minimum absolute atomic E-state index is 0.00744. The van der Waals surface area contributed by atoms with Crippen LogP contribution < -0.4 is 4.90 Å². The molecule has 0 atom stereocenters. The molecule has 1 aliphatic heterocycles. The van der Waals surface area contributed by atoms with Gasteiger partial charge in [0.15, 0.2) is 0 Å². The predicted octanol–water partition coefficient (Wildman–Crippen LogP) is 15.6. The van der Waals surface area contributed by atoms with Crippen molar-refractivity contribution in [3.8, 4) is 27.9 Å². The first-order chi connectivity index (χ1) is 28.0. The van der Waals surface area contributed by atoms with Crippen molar-refractivity contribution >= 4 is 33.2 Å². The van der Waals surface area contributed by atoms with Gasteiger partial charge in [0.25, 0.3) is 0 Å². The fourth-order valence-electron chi connectivity index (χ4n) is 12.7. The van der Waals surface area contributed by atoms with Gasteiger partial charge < -0.3 is 9.47 Å². The molecule has 6 aromatic carbocycles. The maximum atomic E-state index is 2.64. The Balaban J connectivity index is 1.23. The summed E-state index contributed by atoms with van der Waals surface area (Å²) in [5.41, 5.74) is 22.0. The van der Waals surface area contributed by atoms with E-state index in [1.165, 1.54) is 100 Å². The minimum Gasteiger partial charge on any atom is -0.336 e. The Labute approximate surface area is 358 Å². The molecule has 11 rings (SSSR count). The van der Waals surface area contributed by atoms with Crippen LogP contribution >= 0.6 is 0 Å². The smallest absolute Gasteiger partial charge is 0.0544 e. The summed E-state index contributed by atoms with van der Waals surface area (Å²) in [7, 11) is 0. The number of aromatic nitrogens is 1. The van der Waals surface area contributed by atoms with Crippen molar-refractivity contribution in [3.05, 3.63) is 148 Å². The molecule has 0 unspecified atom stereocenters. The number of anilines is 2. The fourth-order valence-corrected chi connectivity index (χ4v) is 12.7. The van der Waals surface area contributed by atoms with Gasteiger partial charge in [-0.3, -0.25) is 0 Å². The van der Waals surface area contributed by atoms with Crippen LogP contribution in [-0.4, -0.2) is 4.57 Å². The molecule has 0 saturated carbocycles. The first kappa shape index (κ1) is 37.9. The zero-order chi connectivity index (χ0) is 42.5. The van der Waals surface area contributed by atoms with Crippen LogP contribution in [0, 0.1) is 10.8 Å². The first-order valence-corrected chi connectivity index (χ1v) is 22.5. The van der Waals surface area contributed by atoms with E-state index in [2.05, 4.69) is 216 Å². The molecule has 1 aromatic heterocycles. The standard InChI is InChI=1S/C58H62N2/c1-52(2)43-23-19-18-22-37(43)39-28-38-34(26-44(39)52)33-59(35-20-16-15-17-21-35)49-25-24-36(27-40(38)49)60-50-31-47-45(53(3,4)57(11,12)55(47,7)8)29-41(50)42-30-46-48(32-51(42)60)56(9,10)58(13,14)54(46,5)6/h15-32H,33H2,1-14H3. The summed E-state index contributed by atoms with van der Waals surface area (Å²) in [4.78, 5) is 2.54. The lowest BCUT2D eigenvalue weighted by atomic mass is 9.59. The van der Waals surface area contributed by atoms with Crippen LogP contribution in [-0.2, 0) is 33.6 Å². The minimum atomic E-state index is -0.0576. The number of fused-ring (bicyclic) bond motifs is 11. The van der Waals surface area contributed by atoms with Crippen molar-refractivity contribution in [1.82, 2.24) is 4.57 Å². The summed E-state index contributed by atoms with van der Waals surface area (Å²) in [6.07, 6.45) is 0. The van der Waals surface area contributed by atoms with Crippen LogP contribution in [0.2, 0.25) is 0 Å². The highest BCUT2D eigenvalue weighted by Gasteiger charge is 2.58. The third kappa shape index (κ3) is 4.26. The Morgan fingerprint density at radius 3 is 1.47 bits per heavy atom. The molecule has 4 aliphatic rings. The Hall–Kier alpha value is -5.08. The van der Waals surface area contributed by atoms with E-state index in [9.17, 15) is 0 Å². The van der Waals surface area contributed by atoms with Gasteiger partial charge in [0.1, 0.15) is 0 Å². The summed E-state index contributed by atoms with van der Waals surface area (Å²) in [5, 5.41) is 2.74. The summed E-state index contributed by atoms with van der Waals surface area (Å²) < 4.78 is 2.64. The van der Waals surface area contributed by atoms with E-state index in [1.807, 2.05) is 0 Å². The molecule has 0 radical (unpaired) electrons. The van der Waals surface area contributed by atoms with Crippen LogP contribution in [0.3, 0.4) is 0 Å². The topological polar surface area (TPSA) is 8.17 Å². The van der Waals surface area contributed by atoms with E-state index in [4.69, 9.17) is 0 Å². The molecule has 0 amide bonds. The largest absolute Gasteiger partial charge is 0.336 e. The summed E-state index contributed by atoms with van der Waals surface area (Å²) in [6.45, 7) is 35.4. The van der Waals surface area contributed by atoms with Crippen molar-refractivity contribution in [1.29, 1.82) is 0 Å². The molecule has 2 nitrogen and oxygen atoms in total. The van der Waals surface area contributed by atoms with Gasteiger partial charge in [0, 0.05) is 45.4 Å². The average molecular weight is 787 g/mol. The van der Waals surface area contributed by atoms with Crippen LogP contribution in [0.1, 0.15) is 136 Å². The van der Waals surface area contributed by atoms with Crippen molar-refractivity contribution < 1.29 is 0 Å². The van der Waals surface area contributed by atoms with Gasteiger partial charge in [-0.2, -0.15) is 0 Å². The summed E-state index contributed by atoms with van der Waals surface area (Å²) in [5.74, 6) is 0. The van der Waals surface area contributed by atoms with E-state index in [1.54, 1.807) is 0 Å². The molecule has 304 valence electrons. The number of para-hydroxylation sites is 1. The predicted molar refractivity (Wildman–Crippen MR) is 256 cm³/mol. The Bertz CT molecular complexity index is 2930. The van der Waals surface area contributed by atoms with E-state index in [-0.39, 0.29) is 37.9 Å². The van der Waals surface area contributed by atoms with Crippen molar-refractivity contribution in [3.63, 3.8) is 0 Å². The first-order valence-electron chi connectivity index (χ1n) is 22.5. The van der Waals surface area contributed by atoms with Crippen molar-refractivity contribution in [2.75, 3.05) is 4.90 Å². The fraction of sp³-hybridized carbons (Fsp3) is 0.379. The van der Waals surface area contributed by atoms with Gasteiger partial charge >= 0.3 is 0 Å². The number of hydrogen-bond donors (Lipinski definition) is 0. The van der Waals surface area contributed by atoms with E-state index < -0.39 is 0 Å². The maximum absolute atomic E-state index is 2.64. The van der Waals surface area contributed by atoms with Crippen molar-refractivity contribution in [2.45, 2.75) is 131 Å². The van der Waals surface area contributed by atoms with Crippen LogP contribution in [0.25, 0.3) is 49.7 Å². The highest BCUT2D eigenvalue weighted by Crippen LogP contribution is 2.65. The number of nitrogens with zero attached hydrogens (tertiary/aromatic N) is 2. The van der Waals surface area contributed by atoms with Gasteiger partial charge in [0.2, 0.25) is 0 Å². The highest BCUT2D eigenvalue weighted by molar-refractivity contribution is 6.11. The maximum Gasteiger partial charge on any atom is 0.0544 e. The summed E-state index contributed by atoms with van der Waals surface area (Å²) >= 11 is 0. The molecule has 0 fully saturated rings. The van der Waals surface area contributed by atoms with E-state index >= 15 is 0 Å². The Kier molecular flexibility index (Phi) is 7.10. The molecule has 7 aromatic rings. The SMILES string of the molecule is CC1(C)c2ccccc2-c2cc3c(cc21)CN(c1ccccc1)c1ccc(-n2c4cc5c(cc4c4cc6c(cc42)C(C)(C)C(C)(C)C6(C)C)C(C)(C)C(C)(C)C5(C)C)cc1-3. The second-order valence-corrected chi connectivity index (χ2v) is 22.8. The van der Waals surface area contributed by atoms with Gasteiger partial charge in [-0.25, -0.2) is 0 Å². The third-order valence-electron chi connectivity index (χ3n) is 19.0. The zero-order valence-corrected chi connectivity index (χ0v) is 38.5. The molecule has 2 heterocycles. The quantitative estimate of drug-likeness (QED) is 0.169. The second kappa shape index (κ2) is 11.2. The van der Waals surface area contributed by atoms with Gasteiger partial charge in [-0.15, -0.1) is 0 Å². The molecule has 3 aliphatic carbocycles. The second-order valence-electron chi connectivity index (χ2n) is 22.8. The van der Waals surface area contributed by atoms with Crippen LogP contribution in [0.4, 0.5) is 11.4 Å². The molecule has 2 heteroatoms. The van der Waals surface area contributed by atoms with E-state index in [0.29, 0.717) is 0 Å². The molecule has 0 spiro atoms. The number of rotatable bonds is 2. The lowest BCUT2D eigenvalue weighted by Gasteiger charge is -2.44. The molecule has 0 bridgehead atoms. The van der Waals surface area contributed by atoms with Crippen molar-refractivity contribution in [2.24, 2.45) is 10.8 Å². The van der Waals surface area contributed by atoms with Gasteiger partial charge in [-0.1, -0.05) is 145 Å². The molecule has 0 N–H and O–H groups in total. The van der Waals surface area contributed by atoms with E-state index in [0.717, 1.165) is 6.54 Å². The lowest BCUT2D eigenvalue weighted by molar-refractivity contribution is 0.125. The lowest BCUT2D eigenvalue weighted by Crippen LogP contribution is -2.42.